The maximum absolute atomic E-state index is 10.5. The first kappa shape index (κ1) is 13.1. The van der Waals surface area contributed by atoms with Gasteiger partial charge in [-0.2, -0.15) is 0 Å². The van der Waals surface area contributed by atoms with Crippen molar-refractivity contribution in [3.63, 3.8) is 0 Å². The molecule has 1 aromatic carbocycles. The molecule has 3 nitrogen and oxygen atoms in total. The molecule has 1 aliphatic rings. The Labute approximate surface area is 119 Å². The zero-order valence-electron chi connectivity index (χ0n) is 11.8. The quantitative estimate of drug-likeness (QED) is 0.925. The van der Waals surface area contributed by atoms with Gasteiger partial charge in [0, 0.05) is 17.0 Å². The Kier molecular flexibility index (Phi) is 3.45. The highest BCUT2D eigenvalue weighted by Crippen LogP contribution is 2.30. The van der Waals surface area contributed by atoms with E-state index >= 15 is 0 Å². The molecule has 1 heterocycles. The van der Waals surface area contributed by atoms with Crippen molar-refractivity contribution in [2.45, 2.75) is 38.9 Å². The smallest absolute Gasteiger partial charge is 0.120 e. The number of aromatic nitrogens is 1. The van der Waals surface area contributed by atoms with Gasteiger partial charge in [0.1, 0.15) is 11.9 Å². The van der Waals surface area contributed by atoms with Gasteiger partial charge in [-0.05, 0) is 50.5 Å². The molecule has 1 aliphatic carbocycles. The Bertz CT molecular complexity index is 620. The third-order valence-electron chi connectivity index (χ3n) is 3.56. The normalized spacial score (nSPS) is 15.9. The fourth-order valence-electron chi connectivity index (χ4n) is 2.30. The maximum atomic E-state index is 10.5. The van der Waals surface area contributed by atoms with E-state index < -0.39 is 6.10 Å². The minimum atomic E-state index is -0.661. The molecular weight excluding hydrogens is 250 g/mol. The van der Waals surface area contributed by atoms with E-state index in [1.807, 2.05) is 50.2 Å². The SMILES string of the molecule is Cc1ccc(C(O)c2cccc(OC3CC3)c2)c(C)n1. The number of pyridine rings is 1. The Morgan fingerprint density at radius 1 is 1.20 bits per heavy atom. The van der Waals surface area contributed by atoms with Crippen LogP contribution in [0.5, 0.6) is 5.75 Å². The molecule has 3 rings (SSSR count). The zero-order valence-corrected chi connectivity index (χ0v) is 11.8. The lowest BCUT2D eigenvalue weighted by Crippen LogP contribution is -2.05. The highest BCUT2D eigenvalue weighted by Gasteiger charge is 2.24. The Morgan fingerprint density at radius 2 is 2.00 bits per heavy atom. The van der Waals surface area contributed by atoms with E-state index in [1.165, 1.54) is 0 Å². The highest BCUT2D eigenvalue weighted by molar-refractivity contribution is 5.37. The number of nitrogens with zero attached hydrogens (tertiary/aromatic N) is 1. The van der Waals surface area contributed by atoms with Gasteiger partial charge in [0.05, 0.1) is 6.10 Å². The van der Waals surface area contributed by atoms with Gasteiger partial charge in [0.25, 0.3) is 0 Å². The molecule has 104 valence electrons. The maximum Gasteiger partial charge on any atom is 0.120 e. The van der Waals surface area contributed by atoms with Gasteiger partial charge in [0.15, 0.2) is 0 Å². The topological polar surface area (TPSA) is 42.4 Å². The molecule has 0 spiro atoms. The fourth-order valence-corrected chi connectivity index (χ4v) is 2.30. The van der Waals surface area contributed by atoms with Gasteiger partial charge >= 0.3 is 0 Å². The first-order valence-corrected chi connectivity index (χ1v) is 7.02. The summed E-state index contributed by atoms with van der Waals surface area (Å²) in [5, 5.41) is 10.5. The summed E-state index contributed by atoms with van der Waals surface area (Å²) in [5.74, 6) is 0.835. The van der Waals surface area contributed by atoms with Crippen molar-refractivity contribution in [2.75, 3.05) is 0 Å². The van der Waals surface area contributed by atoms with Gasteiger partial charge in [0.2, 0.25) is 0 Å². The van der Waals surface area contributed by atoms with Crippen LogP contribution in [-0.4, -0.2) is 16.2 Å². The van der Waals surface area contributed by atoms with Crippen molar-refractivity contribution in [3.8, 4) is 5.75 Å². The van der Waals surface area contributed by atoms with Gasteiger partial charge in [-0.25, -0.2) is 0 Å². The number of aliphatic hydroxyl groups excluding tert-OH is 1. The fraction of sp³-hybridized carbons (Fsp3) is 0.353. The lowest BCUT2D eigenvalue weighted by molar-refractivity contribution is 0.217. The molecule has 1 fully saturated rings. The second kappa shape index (κ2) is 5.25. The van der Waals surface area contributed by atoms with E-state index in [1.54, 1.807) is 0 Å². The number of aryl methyl sites for hydroxylation is 2. The molecule has 20 heavy (non-hydrogen) atoms. The van der Waals surface area contributed by atoms with Crippen LogP contribution in [-0.2, 0) is 0 Å². The molecule has 0 aliphatic heterocycles. The van der Waals surface area contributed by atoms with Crippen LogP contribution in [0.4, 0.5) is 0 Å². The number of hydrogen-bond acceptors (Lipinski definition) is 3. The second-order valence-electron chi connectivity index (χ2n) is 5.42. The first-order chi connectivity index (χ1) is 9.63. The molecule has 1 atom stereocenters. The number of aliphatic hydroxyl groups is 1. The van der Waals surface area contributed by atoms with E-state index in [0.29, 0.717) is 6.10 Å². The van der Waals surface area contributed by atoms with E-state index in [4.69, 9.17) is 4.74 Å². The number of ether oxygens (including phenoxy) is 1. The summed E-state index contributed by atoms with van der Waals surface area (Å²) in [6.45, 7) is 3.88. The summed E-state index contributed by atoms with van der Waals surface area (Å²) in [4.78, 5) is 4.41. The van der Waals surface area contributed by atoms with Crippen molar-refractivity contribution >= 4 is 0 Å². The summed E-state index contributed by atoms with van der Waals surface area (Å²) in [6, 6.07) is 11.6. The molecule has 0 amide bonds. The van der Waals surface area contributed by atoms with Crippen LogP contribution in [0.3, 0.4) is 0 Å². The standard InChI is InChI=1S/C17H19NO2/c1-11-6-9-16(12(2)18-11)17(19)13-4-3-5-15(10-13)20-14-7-8-14/h3-6,9-10,14,17,19H,7-8H2,1-2H3. The number of rotatable bonds is 4. The Morgan fingerprint density at radius 3 is 2.70 bits per heavy atom. The summed E-state index contributed by atoms with van der Waals surface area (Å²) in [5.41, 5.74) is 3.52. The lowest BCUT2D eigenvalue weighted by Gasteiger charge is -2.15. The minimum absolute atomic E-state index is 0.366. The first-order valence-electron chi connectivity index (χ1n) is 7.02. The Hall–Kier alpha value is -1.87. The van der Waals surface area contributed by atoms with Crippen LogP contribution in [0, 0.1) is 13.8 Å². The summed E-state index contributed by atoms with van der Waals surface area (Å²) in [7, 11) is 0. The zero-order chi connectivity index (χ0) is 14.1. The van der Waals surface area contributed by atoms with Crippen LogP contribution in [0.2, 0.25) is 0 Å². The molecule has 1 aromatic heterocycles. The summed E-state index contributed by atoms with van der Waals surface area (Å²) < 4.78 is 5.77. The molecule has 1 N–H and O–H groups in total. The average molecular weight is 269 g/mol. The third kappa shape index (κ3) is 2.83. The van der Waals surface area contributed by atoms with Crippen molar-refractivity contribution in [1.82, 2.24) is 4.98 Å². The molecular formula is C17H19NO2. The van der Waals surface area contributed by atoms with Gasteiger partial charge < -0.3 is 9.84 Å². The Balaban J connectivity index is 1.86. The minimum Gasteiger partial charge on any atom is -0.490 e. The van der Waals surface area contributed by atoms with Crippen LogP contribution in [0.1, 0.15) is 41.5 Å². The highest BCUT2D eigenvalue weighted by atomic mass is 16.5. The number of hydrogen-bond donors (Lipinski definition) is 1. The van der Waals surface area contributed by atoms with E-state index in [-0.39, 0.29) is 0 Å². The summed E-state index contributed by atoms with van der Waals surface area (Å²) >= 11 is 0. The van der Waals surface area contributed by atoms with Gasteiger partial charge in [-0.1, -0.05) is 18.2 Å². The van der Waals surface area contributed by atoms with Crippen LogP contribution in [0.25, 0.3) is 0 Å². The largest absolute Gasteiger partial charge is 0.490 e. The van der Waals surface area contributed by atoms with Crippen molar-refractivity contribution in [3.05, 3.63) is 58.9 Å². The van der Waals surface area contributed by atoms with Crippen LogP contribution < -0.4 is 4.74 Å². The second-order valence-corrected chi connectivity index (χ2v) is 5.42. The van der Waals surface area contributed by atoms with E-state index in [0.717, 1.165) is 41.1 Å². The predicted molar refractivity (Wildman–Crippen MR) is 77.9 cm³/mol. The average Bonchev–Trinajstić information content (AvgIpc) is 3.22. The lowest BCUT2D eigenvalue weighted by atomic mass is 10.00. The van der Waals surface area contributed by atoms with Crippen molar-refractivity contribution < 1.29 is 9.84 Å². The van der Waals surface area contributed by atoms with Crippen molar-refractivity contribution in [1.29, 1.82) is 0 Å². The van der Waals surface area contributed by atoms with Crippen molar-refractivity contribution in [2.24, 2.45) is 0 Å². The van der Waals surface area contributed by atoms with E-state index in [9.17, 15) is 5.11 Å². The molecule has 0 saturated heterocycles. The molecule has 2 aromatic rings. The van der Waals surface area contributed by atoms with Gasteiger partial charge in [-0.15, -0.1) is 0 Å². The molecule has 3 heteroatoms. The van der Waals surface area contributed by atoms with Gasteiger partial charge in [-0.3, -0.25) is 4.98 Å². The molecule has 1 saturated carbocycles. The molecule has 1 unspecified atom stereocenters. The monoisotopic (exact) mass is 269 g/mol. The van der Waals surface area contributed by atoms with Crippen LogP contribution in [0.15, 0.2) is 36.4 Å². The summed E-state index contributed by atoms with van der Waals surface area (Å²) in [6.07, 6.45) is 1.97. The number of benzene rings is 1. The molecule has 0 bridgehead atoms. The molecule has 0 radical (unpaired) electrons. The predicted octanol–water partition coefficient (Wildman–Crippen LogP) is 3.32. The third-order valence-corrected chi connectivity index (χ3v) is 3.56. The van der Waals surface area contributed by atoms with E-state index in [2.05, 4.69) is 4.98 Å². The van der Waals surface area contributed by atoms with Crippen LogP contribution >= 0.6 is 0 Å².